The summed E-state index contributed by atoms with van der Waals surface area (Å²) in [5.41, 5.74) is -3.08. The van der Waals surface area contributed by atoms with Gasteiger partial charge in [0.2, 0.25) is 5.91 Å². The number of anilines is 1. The van der Waals surface area contributed by atoms with Crippen molar-refractivity contribution >= 4 is 17.6 Å². The average molecular weight is 349 g/mol. The molecule has 0 radical (unpaired) electrons. The second-order valence-electron chi connectivity index (χ2n) is 5.01. The number of methoxy groups -OCH3 is 1. The zero-order valence-corrected chi connectivity index (χ0v) is 13.4. The van der Waals surface area contributed by atoms with Crippen LogP contribution in [0.2, 0.25) is 0 Å². The van der Waals surface area contributed by atoms with Crippen molar-refractivity contribution in [1.29, 1.82) is 0 Å². The van der Waals surface area contributed by atoms with Gasteiger partial charge in [-0.05, 0) is 31.5 Å². The maximum atomic E-state index is 13.0. The molecule has 1 aromatic carbocycles. The van der Waals surface area contributed by atoms with Gasteiger partial charge in [0.1, 0.15) is 5.75 Å². The first-order valence-electron chi connectivity index (χ1n) is 6.96. The van der Waals surface area contributed by atoms with Crippen LogP contribution < -0.4 is 10.1 Å². The zero-order chi connectivity index (χ0) is 18.5. The van der Waals surface area contributed by atoms with Crippen molar-refractivity contribution in [3.63, 3.8) is 0 Å². The quantitative estimate of drug-likeness (QED) is 0.769. The minimum atomic E-state index is -5.37. The van der Waals surface area contributed by atoms with E-state index in [1.807, 2.05) is 0 Å². The molecule has 0 unspecified atom stereocenters. The van der Waals surface area contributed by atoms with Crippen LogP contribution in [0.5, 0.6) is 5.75 Å². The Balaban J connectivity index is 3.02. The number of halogens is 3. The molecule has 0 saturated carbocycles. The van der Waals surface area contributed by atoms with Gasteiger partial charge >= 0.3 is 12.1 Å². The summed E-state index contributed by atoms with van der Waals surface area (Å²) in [5, 5.41) is 11.9. The lowest BCUT2D eigenvalue weighted by Crippen LogP contribution is -2.54. The fourth-order valence-electron chi connectivity index (χ4n) is 1.88. The number of amides is 1. The molecule has 0 spiro atoms. The molecule has 9 heteroatoms. The minimum Gasteiger partial charge on any atom is -0.495 e. The summed E-state index contributed by atoms with van der Waals surface area (Å²) in [6.07, 6.45) is -6.90. The van der Waals surface area contributed by atoms with Crippen molar-refractivity contribution in [2.75, 3.05) is 19.0 Å². The molecule has 0 bridgehead atoms. The summed E-state index contributed by atoms with van der Waals surface area (Å²) in [5.74, 6) is -2.92. The summed E-state index contributed by atoms with van der Waals surface area (Å²) in [6, 6.07) is 4.68. The van der Waals surface area contributed by atoms with E-state index in [1.54, 1.807) is 13.0 Å². The third-order valence-electron chi connectivity index (χ3n) is 3.13. The number of hydrogen-bond acceptors (Lipinski definition) is 5. The fourth-order valence-corrected chi connectivity index (χ4v) is 1.88. The molecular weight excluding hydrogens is 331 g/mol. The molecule has 2 N–H and O–H groups in total. The maximum Gasteiger partial charge on any atom is 0.428 e. The number of aliphatic hydroxyl groups is 1. The minimum absolute atomic E-state index is 0.121. The summed E-state index contributed by atoms with van der Waals surface area (Å²) in [7, 11) is 1.32. The van der Waals surface area contributed by atoms with Crippen molar-refractivity contribution in [3.05, 3.63) is 23.8 Å². The topological polar surface area (TPSA) is 84.9 Å². The fraction of sp³-hybridized carbons (Fsp3) is 0.467. The Bertz CT molecular complexity index is 618. The van der Waals surface area contributed by atoms with Gasteiger partial charge in [-0.25, -0.2) is 4.79 Å². The Morgan fingerprint density at radius 3 is 2.42 bits per heavy atom. The predicted octanol–water partition coefficient (Wildman–Crippen LogP) is 2.19. The van der Waals surface area contributed by atoms with Crippen LogP contribution in [0.15, 0.2) is 18.2 Å². The molecular formula is C15H18F3NO5. The standard InChI is InChI=1S/C15H18F3NO5/c1-4-24-13(21)14(22,15(16,17)18)8-12(20)19-10-7-9(2)5-6-11(10)23-3/h5-7,22H,4,8H2,1-3H3,(H,19,20)/t14-/m1/s1. The Labute approximate surface area is 136 Å². The number of ether oxygens (including phenoxy) is 2. The van der Waals surface area contributed by atoms with Crippen molar-refractivity contribution < 1.29 is 37.3 Å². The molecule has 0 heterocycles. The molecule has 0 fully saturated rings. The number of hydrogen-bond donors (Lipinski definition) is 2. The SMILES string of the molecule is CCOC(=O)[C@](O)(CC(=O)Nc1cc(C)ccc1OC)C(F)(F)F. The Hall–Kier alpha value is -2.29. The van der Waals surface area contributed by atoms with Crippen molar-refractivity contribution in [2.45, 2.75) is 32.0 Å². The van der Waals surface area contributed by atoms with Gasteiger partial charge in [-0.15, -0.1) is 0 Å². The van der Waals surface area contributed by atoms with Crippen LogP contribution in [0.25, 0.3) is 0 Å². The smallest absolute Gasteiger partial charge is 0.428 e. The largest absolute Gasteiger partial charge is 0.495 e. The van der Waals surface area contributed by atoms with Gasteiger partial charge in [0.25, 0.3) is 5.60 Å². The van der Waals surface area contributed by atoms with Gasteiger partial charge in [0.15, 0.2) is 0 Å². The van der Waals surface area contributed by atoms with Crippen molar-refractivity contribution in [3.8, 4) is 5.75 Å². The third kappa shape index (κ3) is 4.38. The molecule has 0 aliphatic heterocycles. The number of alkyl halides is 3. The van der Waals surface area contributed by atoms with Gasteiger partial charge in [0.05, 0.1) is 25.8 Å². The Morgan fingerprint density at radius 2 is 1.92 bits per heavy atom. The first-order valence-corrected chi connectivity index (χ1v) is 6.96. The molecule has 1 aromatic rings. The van der Waals surface area contributed by atoms with E-state index in [4.69, 9.17) is 4.74 Å². The molecule has 0 aliphatic carbocycles. The lowest BCUT2D eigenvalue weighted by Gasteiger charge is -2.27. The van der Waals surface area contributed by atoms with Gasteiger partial charge < -0.3 is 19.9 Å². The number of rotatable bonds is 6. The molecule has 6 nitrogen and oxygen atoms in total. The molecule has 1 atom stereocenters. The van der Waals surface area contributed by atoms with E-state index in [0.29, 0.717) is 0 Å². The van der Waals surface area contributed by atoms with E-state index in [0.717, 1.165) is 5.56 Å². The van der Waals surface area contributed by atoms with E-state index in [9.17, 15) is 27.9 Å². The van der Waals surface area contributed by atoms with Crippen molar-refractivity contribution in [1.82, 2.24) is 0 Å². The zero-order valence-electron chi connectivity index (χ0n) is 13.4. The Morgan fingerprint density at radius 1 is 1.29 bits per heavy atom. The normalized spacial score (nSPS) is 13.8. The Kier molecular flexibility index (Phi) is 6.19. The van der Waals surface area contributed by atoms with E-state index in [2.05, 4.69) is 10.1 Å². The highest BCUT2D eigenvalue weighted by molar-refractivity contribution is 5.97. The lowest BCUT2D eigenvalue weighted by molar-refractivity contribution is -0.262. The van der Waals surface area contributed by atoms with Gasteiger partial charge in [-0.2, -0.15) is 13.2 Å². The van der Waals surface area contributed by atoms with E-state index >= 15 is 0 Å². The van der Waals surface area contributed by atoms with Crippen LogP contribution in [0.3, 0.4) is 0 Å². The van der Waals surface area contributed by atoms with Gasteiger partial charge in [0, 0.05) is 0 Å². The summed E-state index contributed by atoms with van der Waals surface area (Å²) >= 11 is 0. The molecule has 1 rings (SSSR count). The second kappa shape index (κ2) is 7.52. The highest BCUT2D eigenvalue weighted by Gasteiger charge is 2.61. The predicted molar refractivity (Wildman–Crippen MR) is 78.6 cm³/mol. The third-order valence-corrected chi connectivity index (χ3v) is 3.13. The first kappa shape index (κ1) is 19.8. The summed E-state index contributed by atoms with van der Waals surface area (Å²) < 4.78 is 48.3. The number of esters is 1. The number of benzene rings is 1. The number of nitrogens with one attached hydrogen (secondary N) is 1. The van der Waals surface area contributed by atoms with Crippen LogP contribution in [0.1, 0.15) is 18.9 Å². The summed E-state index contributed by atoms with van der Waals surface area (Å²) in [4.78, 5) is 23.4. The highest BCUT2D eigenvalue weighted by atomic mass is 19.4. The molecule has 24 heavy (non-hydrogen) atoms. The molecule has 134 valence electrons. The number of carbonyl (C=O) groups is 2. The second-order valence-corrected chi connectivity index (χ2v) is 5.01. The van der Waals surface area contributed by atoms with Crippen LogP contribution in [-0.2, 0) is 14.3 Å². The van der Waals surface area contributed by atoms with Gasteiger partial charge in [-0.1, -0.05) is 6.07 Å². The molecule has 0 saturated heterocycles. The van der Waals surface area contributed by atoms with Crippen LogP contribution >= 0.6 is 0 Å². The van der Waals surface area contributed by atoms with E-state index in [-0.39, 0.29) is 18.0 Å². The van der Waals surface area contributed by atoms with E-state index in [1.165, 1.54) is 26.2 Å². The number of carbonyl (C=O) groups excluding carboxylic acids is 2. The first-order chi connectivity index (χ1) is 11.0. The van der Waals surface area contributed by atoms with Gasteiger partial charge in [-0.3, -0.25) is 4.79 Å². The monoisotopic (exact) mass is 349 g/mol. The average Bonchev–Trinajstić information content (AvgIpc) is 2.46. The summed E-state index contributed by atoms with van der Waals surface area (Å²) in [6.45, 7) is 2.62. The highest BCUT2D eigenvalue weighted by Crippen LogP contribution is 2.35. The van der Waals surface area contributed by atoms with Crippen LogP contribution in [-0.4, -0.2) is 42.5 Å². The lowest BCUT2D eigenvalue weighted by atomic mass is 9.98. The van der Waals surface area contributed by atoms with Crippen molar-refractivity contribution in [2.24, 2.45) is 0 Å². The van der Waals surface area contributed by atoms with Crippen LogP contribution in [0, 0.1) is 6.92 Å². The molecule has 0 aromatic heterocycles. The number of aryl methyl sites for hydroxylation is 1. The molecule has 0 aliphatic rings. The maximum absolute atomic E-state index is 13.0. The van der Waals surface area contributed by atoms with E-state index < -0.39 is 30.1 Å². The van der Waals surface area contributed by atoms with Crippen LogP contribution in [0.4, 0.5) is 18.9 Å². The molecule has 1 amide bonds.